The molecule has 0 bridgehead atoms. The molecule has 5 heteroatoms. The molecule has 1 heterocycles. The number of aromatic nitrogens is 2. The van der Waals surface area contributed by atoms with E-state index in [2.05, 4.69) is 17.3 Å². The number of nitrogens with zero attached hydrogens (tertiary/aromatic N) is 2. The smallest absolute Gasteiger partial charge is 0.235 e. The Kier molecular flexibility index (Phi) is 3.53. The first kappa shape index (κ1) is 11.5. The van der Waals surface area contributed by atoms with E-state index in [1.807, 2.05) is 17.0 Å². The maximum Gasteiger partial charge on any atom is 0.235 e. The predicted octanol–water partition coefficient (Wildman–Crippen LogP) is 2.16. The summed E-state index contributed by atoms with van der Waals surface area (Å²) in [4.78, 5) is 11.5. The topological polar surface area (TPSA) is 46.9 Å². The molecular weight excluding hydrogens is 222 g/mol. The Hall–Kier alpha value is -0.970. The molecule has 1 atom stereocenters. The van der Waals surface area contributed by atoms with E-state index in [4.69, 9.17) is 0 Å². The number of carbonyl (C=O) groups is 1. The summed E-state index contributed by atoms with van der Waals surface area (Å²) in [5.74, 6) is 2.08. The minimum Gasteiger partial charge on any atom is -0.310 e. The van der Waals surface area contributed by atoms with E-state index in [0.717, 1.165) is 11.7 Å². The molecule has 0 aliphatic heterocycles. The molecule has 16 heavy (non-hydrogen) atoms. The number of amides is 1. The van der Waals surface area contributed by atoms with Crippen LogP contribution in [0.2, 0.25) is 0 Å². The lowest BCUT2D eigenvalue weighted by Crippen LogP contribution is -2.19. The average molecular weight is 239 g/mol. The van der Waals surface area contributed by atoms with Crippen molar-refractivity contribution >= 4 is 23.5 Å². The van der Waals surface area contributed by atoms with Gasteiger partial charge in [-0.15, -0.1) is 0 Å². The number of rotatable bonds is 5. The third kappa shape index (κ3) is 2.58. The fraction of sp³-hybridized carbons (Fsp3) is 0.636. The maximum absolute atomic E-state index is 11.5. The molecule has 1 unspecified atom stereocenters. The fourth-order valence-electron chi connectivity index (χ4n) is 1.83. The number of thioether (sulfide) groups is 1. The lowest BCUT2D eigenvalue weighted by atomic mass is 10.2. The molecule has 88 valence electrons. The van der Waals surface area contributed by atoms with Crippen molar-refractivity contribution in [2.45, 2.75) is 25.8 Å². The highest BCUT2D eigenvalue weighted by Gasteiger charge is 2.30. The van der Waals surface area contributed by atoms with Crippen molar-refractivity contribution in [1.82, 2.24) is 9.78 Å². The average Bonchev–Trinajstić information content (AvgIpc) is 2.99. The Morgan fingerprint density at radius 2 is 2.50 bits per heavy atom. The number of hydrogen-bond acceptors (Lipinski definition) is 3. The van der Waals surface area contributed by atoms with Crippen LogP contribution >= 0.6 is 11.8 Å². The van der Waals surface area contributed by atoms with Gasteiger partial charge in [-0.1, -0.05) is 0 Å². The first-order valence-electron chi connectivity index (χ1n) is 5.54. The molecule has 1 amide bonds. The van der Waals surface area contributed by atoms with Gasteiger partial charge in [0.25, 0.3) is 0 Å². The van der Waals surface area contributed by atoms with Gasteiger partial charge in [0.15, 0.2) is 0 Å². The molecule has 4 nitrogen and oxygen atoms in total. The van der Waals surface area contributed by atoms with Crippen molar-refractivity contribution in [2.75, 3.05) is 17.3 Å². The van der Waals surface area contributed by atoms with Crippen LogP contribution in [0, 0.1) is 5.92 Å². The molecule has 0 spiro atoms. The van der Waals surface area contributed by atoms with Crippen LogP contribution in [0.15, 0.2) is 12.3 Å². The van der Waals surface area contributed by atoms with Crippen LogP contribution in [0.1, 0.15) is 25.8 Å². The zero-order valence-corrected chi connectivity index (χ0v) is 10.5. The van der Waals surface area contributed by atoms with Gasteiger partial charge in [-0.25, -0.2) is 4.68 Å². The summed E-state index contributed by atoms with van der Waals surface area (Å²) in [6.07, 6.45) is 6.22. The highest BCUT2D eigenvalue weighted by molar-refractivity contribution is 7.99. The van der Waals surface area contributed by atoms with Gasteiger partial charge in [0.05, 0.1) is 18.0 Å². The molecule has 1 saturated carbocycles. The minimum atomic E-state index is 0.0391. The van der Waals surface area contributed by atoms with Crippen molar-refractivity contribution in [3.63, 3.8) is 0 Å². The summed E-state index contributed by atoms with van der Waals surface area (Å²) in [6.45, 7) is 2.16. The molecule has 1 aromatic heterocycles. The number of carbonyl (C=O) groups excluding carboxylic acids is 1. The van der Waals surface area contributed by atoms with Gasteiger partial charge in [-0.05, 0) is 31.9 Å². The lowest BCUT2D eigenvalue weighted by Gasteiger charge is -2.15. The van der Waals surface area contributed by atoms with Gasteiger partial charge in [0.2, 0.25) is 5.91 Å². The fourth-order valence-corrected chi connectivity index (χ4v) is 2.16. The number of anilines is 1. The minimum absolute atomic E-state index is 0.0391. The van der Waals surface area contributed by atoms with Gasteiger partial charge < -0.3 is 5.32 Å². The molecule has 1 aliphatic rings. The van der Waals surface area contributed by atoms with E-state index < -0.39 is 0 Å². The summed E-state index contributed by atoms with van der Waals surface area (Å²) < 4.78 is 1.93. The first-order valence-corrected chi connectivity index (χ1v) is 6.94. The third-order valence-electron chi connectivity index (χ3n) is 2.90. The summed E-state index contributed by atoms with van der Waals surface area (Å²) >= 11 is 1.52. The lowest BCUT2D eigenvalue weighted by molar-refractivity contribution is -0.113. The molecule has 0 radical (unpaired) electrons. The molecule has 1 aliphatic carbocycles. The Morgan fingerprint density at radius 1 is 1.75 bits per heavy atom. The Morgan fingerprint density at radius 3 is 3.12 bits per heavy atom. The van der Waals surface area contributed by atoms with E-state index in [0.29, 0.717) is 11.8 Å². The molecule has 1 aromatic rings. The highest BCUT2D eigenvalue weighted by atomic mass is 32.2. The van der Waals surface area contributed by atoms with Crippen LogP contribution < -0.4 is 5.32 Å². The Balaban J connectivity index is 2.03. The van der Waals surface area contributed by atoms with E-state index >= 15 is 0 Å². The second-order valence-corrected chi connectivity index (χ2v) is 5.09. The molecule has 2 rings (SSSR count). The normalized spacial score (nSPS) is 17.1. The van der Waals surface area contributed by atoms with Crippen LogP contribution in [0.25, 0.3) is 0 Å². The molecule has 0 saturated heterocycles. The first-order chi connectivity index (χ1) is 7.72. The van der Waals surface area contributed by atoms with E-state index in [-0.39, 0.29) is 5.91 Å². The van der Waals surface area contributed by atoms with Crippen molar-refractivity contribution in [2.24, 2.45) is 5.92 Å². The van der Waals surface area contributed by atoms with Gasteiger partial charge >= 0.3 is 0 Å². The molecule has 0 aromatic carbocycles. The standard InChI is InChI=1S/C11H17N3OS/c1-8(9-3-4-9)14-10(5-6-12-14)13-11(15)7-16-2/h5-6,8-9H,3-4,7H2,1-2H3,(H,13,15). The summed E-state index contributed by atoms with van der Waals surface area (Å²) in [7, 11) is 0. The third-order valence-corrected chi connectivity index (χ3v) is 3.45. The van der Waals surface area contributed by atoms with E-state index in [9.17, 15) is 4.79 Å². The number of nitrogens with one attached hydrogen (secondary N) is 1. The van der Waals surface area contributed by atoms with Crippen LogP contribution in [-0.4, -0.2) is 27.7 Å². The largest absolute Gasteiger partial charge is 0.310 e. The zero-order valence-electron chi connectivity index (χ0n) is 9.64. The van der Waals surface area contributed by atoms with Gasteiger partial charge in [-0.2, -0.15) is 16.9 Å². The van der Waals surface area contributed by atoms with Crippen LogP contribution in [0.3, 0.4) is 0 Å². The van der Waals surface area contributed by atoms with Crippen LogP contribution in [0.5, 0.6) is 0 Å². The summed E-state index contributed by atoms with van der Waals surface area (Å²) in [5.41, 5.74) is 0. The van der Waals surface area contributed by atoms with Gasteiger partial charge in [-0.3, -0.25) is 4.79 Å². The Labute approximate surface area is 99.8 Å². The van der Waals surface area contributed by atoms with E-state index in [1.165, 1.54) is 24.6 Å². The van der Waals surface area contributed by atoms with Crippen LogP contribution in [0.4, 0.5) is 5.82 Å². The van der Waals surface area contributed by atoms with Crippen LogP contribution in [-0.2, 0) is 4.79 Å². The SMILES string of the molecule is CSCC(=O)Nc1ccnn1C(C)C1CC1. The quantitative estimate of drug-likeness (QED) is 0.856. The van der Waals surface area contributed by atoms with Gasteiger partial charge in [0.1, 0.15) is 5.82 Å². The summed E-state index contributed by atoms with van der Waals surface area (Å²) in [6, 6.07) is 2.25. The number of hydrogen-bond donors (Lipinski definition) is 1. The van der Waals surface area contributed by atoms with Crippen molar-refractivity contribution < 1.29 is 4.79 Å². The highest BCUT2D eigenvalue weighted by Crippen LogP contribution is 2.40. The second kappa shape index (κ2) is 4.91. The molecular formula is C11H17N3OS. The summed E-state index contributed by atoms with van der Waals surface area (Å²) in [5, 5.41) is 7.18. The molecule has 1 N–H and O–H groups in total. The monoisotopic (exact) mass is 239 g/mol. The maximum atomic E-state index is 11.5. The molecule has 1 fully saturated rings. The van der Waals surface area contributed by atoms with Crippen molar-refractivity contribution in [3.05, 3.63) is 12.3 Å². The second-order valence-electron chi connectivity index (χ2n) is 4.22. The van der Waals surface area contributed by atoms with Crippen molar-refractivity contribution in [3.8, 4) is 0 Å². The van der Waals surface area contributed by atoms with Gasteiger partial charge in [0, 0.05) is 6.07 Å². The van der Waals surface area contributed by atoms with Crippen molar-refractivity contribution in [1.29, 1.82) is 0 Å². The van der Waals surface area contributed by atoms with E-state index in [1.54, 1.807) is 6.20 Å². The Bertz CT molecular complexity index is 373. The zero-order chi connectivity index (χ0) is 11.5. The predicted molar refractivity (Wildman–Crippen MR) is 66.7 cm³/mol.